The van der Waals surface area contributed by atoms with Crippen molar-refractivity contribution in [3.8, 4) is 5.75 Å². The Bertz CT molecular complexity index is 930. The van der Waals surface area contributed by atoms with Gasteiger partial charge in [-0.2, -0.15) is 0 Å². The number of hydrogen-bond acceptors (Lipinski definition) is 6. The van der Waals surface area contributed by atoms with E-state index < -0.39 is 29.6 Å². The first-order valence-electron chi connectivity index (χ1n) is 8.88. The molecule has 1 N–H and O–H groups in total. The second-order valence-electron chi connectivity index (χ2n) is 6.63. The lowest BCUT2D eigenvalue weighted by molar-refractivity contribution is -0.308. The maximum Gasteiger partial charge on any atom is 0.339 e. The SMILES string of the molecule is CCC[C@H](NC(=O)[C@@H](C)Oc1ccc2c(C)c(C)c(=O)oc2c1C)C(=O)[O-]. The van der Waals surface area contributed by atoms with Crippen molar-refractivity contribution >= 4 is 22.8 Å². The first kappa shape index (κ1) is 20.5. The van der Waals surface area contributed by atoms with Crippen molar-refractivity contribution in [3.63, 3.8) is 0 Å². The summed E-state index contributed by atoms with van der Waals surface area (Å²) in [7, 11) is 0. The van der Waals surface area contributed by atoms with Crippen LogP contribution in [0.3, 0.4) is 0 Å². The molecule has 0 saturated carbocycles. The highest BCUT2D eigenvalue weighted by molar-refractivity contribution is 5.87. The number of carbonyl (C=O) groups excluding carboxylic acids is 2. The van der Waals surface area contributed by atoms with Crippen molar-refractivity contribution in [3.05, 3.63) is 39.2 Å². The van der Waals surface area contributed by atoms with Gasteiger partial charge in [-0.1, -0.05) is 13.3 Å². The average Bonchev–Trinajstić information content (AvgIpc) is 2.62. The van der Waals surface area contributed by atoms with Gasteiger partial charge in [-0.05, 0) is 51.8 Å². The topological polar surface area (TPSA) is 109 Å². The first-order chi connectivity index (χ1) is 12.7. The number of carboxylic acids is 1. The molecule has 0 unspecified atom stereocenters. The van der Waals surface area contributed by atoms with E-state index in [1.807, 2.05) is 13.8 Å². The number of amides is 1. The molecule has 0 aliphatic heterocycles. The molecule has 7 heteroatoms. The second kappa shape index (κ2) is 8.24. The summed E-state index contributed by atoms with van der Waals surface area (Å²) >= 11 is 0. The predicted molar refractivity (Wildman–Crippen MR) is 98.6 cm³/mol. The highest BCUT2D eigenvalue weighted by Crippen LogP contribution is 2.29. The molecule has 0 aliphatic carbocycles. The highest BCUT2D eigenvalue weighted by atomic mass is 16.5. The largest absolute Gasteiger partial charge is 0.548 e. The Morgan fingerprint density at radius 2 is 1.85 bits per heavy atom. The fourth-order valence-corrected chi connectivity index (χ4v) is 2.82. The smallest absolute Gasteiger partial charge is 0.339 e. The van der Waals surface area contributed by atoms with Crippen molar-refractivity contribution < 1.29 is 23.8 Å². The van der Waals surface area contributed by atoms with E-state index in [0.29, 0.717) is 28.9 Å². The van der Waals surface area contributed by atoms with Crippen molar-refractivity contribution in [2.75, 3.05) is 0 Å². The minimum atomic E-state index is -1.33. The summed E-state index contributed by atoms with van der Waals surface area (Å²) in [6.45, 7) is 8.63. The van der Waals surface area contributed by atoms with Crippen LogP contribution in [0.1, 0.15) is 43.4 Å². The minimum Gasteiger partial charge on any atom is -0.548 e. The number of aliphatic carboxylic acids is 1. The van der Waals surface area contributed by atoms with E-state index >= 15 is 0 Å². The quantitative estimate of drug-likeness (QED) is 0.736. The Kier molecular flexibility index (Phi) is 6.25. The van der Waals surface area contributed by atoms with Gasteiger partial charge in [0.05, 0.1) is 12.0 Å². The van der Waals surface area contributed by atoms with Gasteiger partial charge >= 0.3 is 5.63 Å². The Balaban J connectivity index is 2.26. The molecule has 1 amide bonds. The van der Waals surface area contributed by atoms with Crippen LogP contribution in [0.5, 0.6) is 5.75 Å². The zero-order chi connectivity index (χ0) is 20.3. The molecule has 2 aromatic rings. The molecular weight excluding hydrogens is 350 g/mol. The number of benzene rings is 1. The van der Waals surface area contributed by atoms with Crippen LogP contribution in [0.2, 0.25) is 0 Å². The number of carbonyl (C=O) groups is 2. The van der Waals surface area contributed by atoms with Crippen LogP contribution in [-0.4, -0.2) is 24.0 Å². The molecule has 2 rings (SSSR count). The standard InChI is InChI=1S/C20H25NO6/c1-6-7-15(19(23)24)21-18(22)13(5)26-16-9-8-14-10(2)11(3)20(25)27-17(14)12(16)4/h8-9,13,15H,6-7H2,1-5H3,(H,21,22)(H,23,24)/p-1/t13-,15+/m1/s1. The van der Waals surface area contributed by atoms with Gasteiger partial charge in [-0.3, -0.25) is 4.79 Å². The highest BCUT2D eigenvalue weighted by Gasteiger charge is 2.21. The molecule has 0 saturated heterocycles. The van der Waals surface area contributed by atoms with Crippen LogP contribution < -0.4 is 20.8 Å². The Morgan fingerprint density at radius 3 is 2.44 bits per heavy atom. The number of rotatable bonds is 7. The number of aryl methyl sites for hydroxylation is 2. The van der Waals surface area contributed by atoms with E-state index in [9.17, 15) is 19.5 Å². The zero-order valence-electron chi connectivity index (χ0n) is 16.2. The average molecular weight is 374 g/mol. The van der Waals surface area contributed by atoms with Gasteiger partial charge in [0.15, 0.2) is 6.10 Å². The Morgan fingerprint density at radius 1 is 1.19 bits per heavy atom. The number of ether oxygens (including phenoxy) is 1. The van der Waals surface area contributed by atoms with E-state index in [1.165, 1.54) is 6.92 Å². The monoisotopic (exact) mass is 374 g/mol. The van der Waals surface area contributed by atoms with Crippen molar-refractivity contribution in [2.24, 2.45) is 0 Å². The molecule has 0 radical (unpaired) electrons. The van der Waals surface area contributed by atoms with E-state index in [-0.39, 0.29) is 6.42 Å². The maximum absolute atomic E-state index is 12.3. The van der Waals surface area contributed by atoms with Crippen LogP contribution in [0, 0.1) is 20.8 Å². The fraction of sp³-hybridized carbons (Fsp3) is 0.450. The van der Waals surface area contributed by atoms with E-state index in [0.717, 1.165) is 10.9 Å². The van der Waals surface area contributed by atoms with Gasteiger partial charge in [-0.25, -0.2) is 4.79 Å². The van der Waals surface area contributed by atoms with Crippen LogP contribution in [0.15, 0.2) is 21.3 Å². The number of fused-ring (bicyclic) bond motifs is 1. The van der Waals surface area contributed by atoms with Gasteiger partial charge < -0.3 is 24.4 Å². The molecule has 0 fully saturated rings. The van der Waals surface area contributed by atoms with Crippen LogP contribution in [0.4, 0.5) is 0 Å². The third kappa shape index (κ3) is 4.30. The first-order valence-corrected chi connectivity index (χ1v) is 8.88. The summed E-state index contributed by atoms with van der Waals surface area (Å²) in [6.07, 6.45) is -0.0619. The van der Waals surface area contributed by atoms with Gasteiger partial charge in [-0.15, -0.1) is 0 Å². The molecule has 1 aromatic heterocycles. The summed E-state index contributed by atoms with van der Waals surface area (Å²) in [5.74, 6) is -1.50. The Labute approximate surface area is 157 Å². The van der Waals surface area contributed by atoms with Gasteiger partial charge in [0.2, 0.25) is 0 Å². The molecule has 7 nitrogen and oxygen atoms in total. The van der Waals surface area contributed by atoms with Crippen LogP contribution >= 0.6 is 0 Å². The van der Waals surface area contributed by atoms with E-state index in [4.69, 9.17) is 9.15 Å². The summed E-state index contributed by atoms with van der Waals surface area (Å²) < 4.78 is 11.1. The molecule has 0 bridgehead atoms. The lowest BCUT2D eigenvalue weighted by Gasteiger charge is -2.22. The van der Waals surface area contributed by atoms with Gasteiger partial charge in [0.25, 0.3) is 5.91 Å². The summed E-state index contributed by atoms with van der Waals surface area (Å²) in [5.41, 5.74) is 1.97. The van der Waals surface area contributed by atoms with Gasteiger partial charge in [0.1, 0.15) is 11.3 Å². The number of hydrogen-bond donors (Lipinski definition) is 1. The summed E-state index contributed by atoms with van der Waals surface area (Å²) in [5, 5.41) is 14.3. The van der Waals surface area contributed by atoms with Crippen LogP contribution in [0.25, 0.3) is 11.0 Å². The van der Waals surface area contributed by atoms with Crippen molar-refractivity contribution in [1.29, 1.82) is 0 Å². The normalized spacial score (nSPS) is 13.2. The third-order valence-electron chi connectivity index (χ3n) is 4.67. The molecule has 0 spiro atoms. The molecule has 1 heterocycles. The summed E-state index contributed by atoms with van der Waals surface area (Å²) in [6, 6.07) is 2.42. The molecule has 0 aliphatic rings. The molecule has 1 aromatic carbocycles. The van der Waals surface area contributed by atoms with E-state index in [2.05, 4.69) is 5.32 Å². The lowest BCUT2D eigenvalue weighted by Crippen LogP contribution is -2.51. The minimum absolute atomic E-state index is 0.277. The second-order valence-corrected chi connectivity index (χ2v) is 6.63. The van der Waals surface area contributed by atoms with Crippen molar-refractivity contribution in [2.45, 2.75) is 59.6 Å². The number of carboxylic acid groups (broad SMARTS) is 1. The molecular formula is C20H24NO6-. The predicted octanol–water partition coefficient (Wildman–Crippen LogP) is 1.52. The molecule has 27 heavy (non-hydrogen) atoms. The maximum atomic E-state index is 12.3. The van der Waals surface area contributed by atoms with E-state index in [1.54, 1.807) is 26.0 Å². The molecule has 146 valence electrons. The Hall–Kier alpha value is -2.83. The van der Waals surface area contributed by atoms with Crippen LogP contribution in [-0.2, 0) is 9.59 Å². The zero-order valence-corrected chi connectivity index (χ0v) is 16.2. The summed E-state index contributed by atoms with van der Waals surface area (Å²) in [4.78, 5) is 35.3. The third-order valence-corrected chi connectivity index (χ3v) is 4.67. The number of nitrogens with one attached hydrogen (secondary N) is 1. The fourth-order valence-electron chi connectivity index (χ4n) is 2.82. The lowest BCUT2D eigenvalue weighted by atomic mass is 10.0. The van der Waals surface area contributed by atoms with Crippen molar-refractivity contribution in [1.82, 2.24) is 5.32 Å². The molecule has 2 atom stereocenters. The van der Waals surface area contributed by atoms with Gasteiger partial charge in [0, 0.05) is 16.5 Å².